The minimum absolute atomic E-state index is 0.0838. The van der Waals surface area contributed by atoms with Crippen LogP contribution in [0.2, 0.25) is 0 Å². The van der Waals surface area contributed by atoms with Crippen molar-refractivity contribution in [1.82, 2.24) is 10.3 Å². The fraction of sp³-hybridized carbons (Fsp3) is 0.231. The second kappa shape index (κ2) is 10.4. The lowest BCUT2D eigenvalue weighted by molar-refractivity contribution is -0.121. The first kappa shape index (κ1) is 23.5. The Labute approximate surface area is 192 Å². The van der Waals surface area contributed by atoms with Crippen molar-refractivity contribution >= 4 is 17.5 Å². The number of benzene rings is 2. The topological polar surface area (TPSA) is 115 Å². The molecule has 3 aromatic rings. The summed E-state index contributed by atoms with van der Waals surface area (Å²) >= 11 is 0. The molecule has 0 saturated heterocycles. The monoisotopic (exact) mass is 442 g/mol. The molecule has 1 aromatic heterocycles. The average Bonchev–Trinajstić information content (AvgIpc) is 2.78. The van der Waals surface area contributed by atoms with Crippen molar-refractivity contribution in [2.45, 2.75) is 40.2 Å². The zero-order valence-corrected chi connectivity index (χ0v) is 18.9. The van der Waals surface area contributed by atoms with Crippen LogP contribution in [0.15, 0.2) is 53.3 Å². The van der Waals surface area contributed by atoms with Crippen LogP contribution in [0.3, 0.4) is 0 Å². The highest BCUT2D eigenvalue weighted by Gasteiger charge is 2.13. The normalized spacial score (nSPS) is 10.4. The van der Waals surface area contributed by atoms with Gasteiger partial charge in [0.25, 0.3) is 11.5 Å². The minimum Gasteiger partial charge on any atom is -0.352 e. The molecule has 0 bridgehead atoms. The molecular formula is C26H26N4O3. The number of hydrogen-bond acceptors (Lipinski definition) is 4. The van der Waals surface area contributed by atoms with Crippen LogP contribution in [0.25, 0.3) is 0 Å². The van der Waals surface area contributed by atoms with E-state index in [2.05, 4.69) is 15.6 Å². The predicted molar refractivity (Wildman–Crippen MR) is 127 cm³/mol. The molecule has 0 aliphatic heterocycles. The van der Waals surface area contributed by atoms with E-state index in [-0.39, 0.29) is 23.8 Å². The van der Waals surface area contributed by atoms with Gasteiger partial charge in [0.05, 0.1) is 0 Å². The van der Waals surface area contributed by atoms with Gasteiger partial charge in [-0.3, -0.25) is 14.4 Å². The van der Waals surface area contributed by atoms with Crippen LogP contribution in [0.1, 0.15) is 50.3 Å². The van der Waals surface area contributed by atoms with Crippen molar-refractivity contribution < 1.29 is 9.59 Å². The molecule has 168 valence electrons. The number of anilines is 1. The maximum atomic E-state index is 12.4. The van der Waals surface area contributed by atoms with Crippen LogP contribution in [0, 0.1) is 32.1 Å². The number of carbonyl (C=O) groups is 2. The van der Waals surface area contributed by atoms with Gasteiger partial charge in [-0.15, -0.1) is 0 Å². The van der Waals surface area contributed by atoms with Crippen LogP contribution in [-0.4, -0.2) is 16.8 Å². The van der Waals surface area contributed by atoms with E-state index < -0.39 is 5.56 Å². The van der Waals surface area contributed by atoms with Crippen molar-refractivity contribution in [2.75, 3.05) is 5.32 Å². The van der Waals surface area contributed by atoms with Gasteiger partial charge >= 0.3 is 0 Å². The lowest BCUT2D eigenvalue weighted by Crippen LogP contribution is -2.24. The summed E-state index contributed by atoms with van der Waals surface area (Å²) in [5.74, 6) is -0.341. The Bertz CT molecular complexity index is 1280. The van der Waals surface area contributed by atoms with Gasteiger partial charge in [-0.1, -0.05) is 29.8 Å². The van der Waals surface area contributed by atoms with Gasteiger partial charge < -0.3 is 15.6 Å². The quantitative estimate of drug-likeness (QED) is 0.518. The van der Waals surface area contributed by atoms with Crippen molar-refractivity contribution in [2.24, 2.45) is 0 Å². The number of nitrogens with zero attached hydrogens (tertiary/aromatic N) is 1. The van der Waals surface area contributed by atoms with Crippen LogP contribution in [0.4, 0.5) is 5.69 Å². The van der Waals surface area contributed by atoms with E-state index in [0.29, 0.717) is 35.5 Å². The summed E-state index contributed by atoms with van der Waals surface area (Å²) < 4.78 is 0. The van der Waals surface area contributed by atoms with Crippen LogP contribution in [0.5, 0.6) is 0 Å². The van der Waals surface area contributed by atoms with Crippen molar-refractivity contribution in [3.8, 4) is 6.07 Å². The smallest absolute Gasteiger partial charge is 0.266 e. The number of carbonyl (C=O) groups excluding carboxylic acids is 2. The van der Waals surface area contributed by atoms with Crippen LogP contribution < -0.4 is 16.2 Å². The third-order valence-corrected chi connectivity index (χ3v) is 5.51. The predicted octanol–water partition coefficient (Wildman–Crippen LogP) is 3.67. The van der Waals surface area contributed by atoms with Gasteiger partial charge in [-0.05, 0) is 68.1 Å². The number of rotatable bonds is 7. The zero-order chi connectivity index (χ0) is 24.0. The maximum absolute atomic E-state index is 12.4. The molecule has 7 heteroatoms. The Hall–Kier alpha value is -4.18. The number of hydrogen-bond donors (Lipinski definition) is 3. The lowest BCUT2D eigenvalue weighted by atomic mass is 9.99. The Kier molecular flexibility index (Phi) is 7.42. The van der Waals surface area contributed by atoms with Gasteiger partial charge in [0, 0.05) is 29.9 Å². The fourth-order valence-corrected chi connectivity index (χ4v) is 3.62. The highest BCUT2D eigenvalue weighted by molar-refractivity contribution is 6.04. The molecule has 0 unspecified atom stereocenters. The van der Waals surface area contributed by atoms with E-state index in [9.17, 15) is 19.6 Å². The van der Waals surface area contributed by atoms with Crippen LogP contribution >= 0.6 is 0 Å². The summed E-state index contributed by atoms with van der Waals surface area (Å²) in [6, 6.07) is 16.6. The van der Waals surface area contributed by atoms with Gasteiger partial charge in [-0.2, -0.15) is 5.26 Å². The van der Waals surface area contributed by atoms with Crippen molar-refractivity contribution in [3.63, 3.8) is 0 Å². The third-order valence-electron chi connectivity index (χ3n) is 5.51. The number of aromatic amines is 1. The lowest BCUT2D eigenvalue weighted by Gasteiger charge is -2.11. The van der Waals surface area contributed by atoms with E-state index in [1.807, 2.05) is 43.3 Å². The summed E-state index contributed by atoms with van der Waals surface area (Å²) in [6.07, 6.45) is 0.643. The number of H-pyrrole nitrogens is 1. The van der Waals surface area contributed by atoms with Gasteiger partial charge in [0.2, 0.25) is 5.91 Å². The van der Waals surface area contributed by atoms with Gasteiger partial charge in [0.1, 0.15) is 11.6 Å². The molecule has 2 amide bonds. The Morgan fingerprint density at radius 1 is 1.06 bits per heavy atom. The SMILES string of the molecule is Cc1ccc(C(=O)Nc2cccc(CNC(=O)CCc3c(C)[nH]c(=O)c(C#N)c3C)c2)cc1. The average molecular weight is 443 g/mol. The summed E-state index contributed by atoms with van der Waals surface area (Å²) in [7, 11) is 0. The minimum atomic E-state index is -0.407. The number of nitrogens with one attached hydrogen (secondary N) is 3. The molecule has 3 rings (SSSR count). The number of aromatic nitrogens is 1. The first-order valence-corrected chi connectivity index (χ1v) is 10.6. The van der Waals surface area contributed by atoms with Crippen LogP contribution in [-0.2, 0) is 17.8 Å². The molecule has 0 aliphatic carbocycles. The molecule has 2 aromatic carbocycles. The van der Waals surface area contributed by atoms with E-state index in [1.54, 1.807) is 32.0 Å². The summed E-state index contributed by atoms with van der Waals surface area (Å²) in [5, 5.41) is 14.9. The summed E-state index contributed by atoms with van der Waals surface area (Å²) in [4.78, 5) is 39.3. The molecule has 0 atom stereocenters. The Morgan fingerprint density at radius 2 is 1.79 bits per heavy atom. The molecular weight excluding hydrogens is 416 g/mol. The number of aryl methyl sites for hydroxylation is 2. The largest absolute Gasteiger partial charge is 0.352 e. The molecule has 33 heavy (non-hydrogen) atoms. The Balaban J connectivity index is 1.57. The number of nitriles is 1. The van der Waals surface area contributed by atoms with E-state index in [0.717, 1.165) is 16.7 Å². The maximum Gasteiger partial charge on any atom is 0.266 e. The molecule has 3 N–H and O–H groups in total. The number of amides is 2. The summed E-state index contributed by atoms with van der Waals surface area (Å²) in [6.45, 7) is 5.77. The van der Waals surface area contributed by atoms with Crippen molar-refractivity contribution in [1.29, 1.82) is 5.26 Å². The molecule has 0 aliphatic rings. The first-order valence-electron chi connectivity index (χ1n) is 10.6. The highest BCUT2D eigenvalue weighted by Crippen LogP contribution is 2.16. The second-order valence-electron chi connectivity index (χ2n) is 7.97. The Morgan fingerprint density at radius 3 is 2.48 bits per heavy atom. The zero-order valence-electron chi connectivity index (χ0n) is 18.9. The molecule has 1 heterocycles. The molecule has 0 fully saturated rings. The first-order chi connectivity index (χ1) is 15.8. The van der Waals surface area contributed by atoms with E-state index in [4.69, 9.17) is 0 Å². The molecule has 0 saturated carbocycles. The van der Waals surface area contributed by atoms with Gasteiger partial charge in [0.15, 0.2) is 0 Å². The van der Waals surface area contributed by atoms with Crippen molar-refractivity contribution in [3.05, 3.63) is 98.0 Å². The molecule has 0 radical (unpaired) electrons. The summed E-state index contributed by atoms with van der Waals surface area (Å²) in [5.41, 5.74) is 4.93. The van der Waals surface area contributed by atoms with E-state index >= 15 is 0 Å². The van der Waals surface area contributed by atoms with E-state index in [1.165, 1.54) is 0 Å². The third kappa shape index (κ3) is 5.95. The highest BCUT2D eigenvalue weighted by atomic mass is 16.2. The fourth-order valence-electron chi connectivity index (χ4n) is 3.62. The molecule has 0 spiro atoms. The number of pyridine rings is 1. The standard InChI is InChI=1S/C26H26N4O3/c1-16-7-9-20(10-8-16)25(32)30-21-6-4-5-19(13-21)15-28-24(31)12-11-22-17(2)23(14-27)26(33)29-18(22)3/h4-10,13H,11-12,15H2,1-3H3,(H,28,31)(H,29,33)(H,30,32). The second-order valence-corrected chi connectivity index (χ2v) is 7.97. The molecule has 7 nitrogen and oxygen atoms in total. The van der Waals surface area contributed by atoms with Gasteiger partial charge in [-0.25, -0.2) is 0 Å².